The smallest absolute Gasteiger partial charge is 0.216 e. The maximum Gasteiger partial charge on any atom is 0.216 e. The second kappa shape index (κ2) is 8.47. The molecule has 0 unspecified atom stereocenters. The van der Waals surface area contributed by atoms with Gasteiger partial charge in [-0.2, -0.15) is 5.26 Å². The predicted molar refractivity (Wildman–Crippen MR) is 106 cm³/mol. The van der Waals surface area contributed by atoms with Crippen LogP contribution in [-0.2, 0) is 9.84 Å². The second-order valence-corrected chi connectivity index (χ2v) is 8.46. The number of ether oxygens (including phenoxy) is 2. The molecule has 0 aliphatic rings. The number of nitrogens with zero attached hydrogens (tertiary/aromatic N) is 1. The van der Waals surface area contributed by atoms with Crippen molar-refractivity contribution in [1.82, 2.24) is 0 Å². The van der Waals surface area contributed by atoms with Gasteiger partial charge in [0.1, 0.15) is 11.0 Å². The van der Waals surface area contributed by atoms with Crippen LogP contribution < -0.4 is 9.47 Å². The Morgan fingerprint density at radius 2 is 1.85 bits per heavy atom. The summed E-state index contributed by atoms with van der Waals surface area (Å²) in [6, 6.07) is 11.2. The third-order valence-electron chi connectivity index (χ3n) is 3.63. The average Bonchev–Trinajstić information content (AvgIpc) is 2.61. The van der Waals surface area contributed by atoms with Crippen LogP contribution >= 0.6 is 11.6 Å². The van der Waals surface area contributed by atoms with Gasteiger partial charge < -0.3 is 9.47 Å². The number of rotatable bonds is 6. The van der Waals surface area contributed by atoms with E-state index < -0.39 is 9.84 Å². The van der Waals surface area contributed by atoms with Crippen molar-refractivity contribution in [2.45, 2.75) is 31.8 Å². The monoisotopic (exact) mass is 405 g/mol. The van der Waals surface area contributed by atoms with Crippen molar-refractivity contribution in [1.29, 1.82) is 5.26 Å². The summed E-state index contributed by atoms with van der Waals surface area (Å²) < 4.78 is 36.4. The lowest BCUT2D eigenvalue weighted by molar-refractivity contribution is 0.230. The molecule has 2 aromatic carbocycles. The SMILES string of the molecule is COc1cc(/C=C(\C#N)S(=O)(=O)c2ccc(C)cc2)cc(Cl)c1OC(C)C. The zero-order valence-corrected chi connectivity index (χ0v) is 17.1. The molecule has 2 rings (SSSR count). The van der Waals surface area contributed by atoms with Crippen molar-refractivity contribution in [3.05, 3.63) is 57.5 Å². The van der Waals surface area contributed by atoms with E-state index in [4.69, 9.17) is 21.1 Å². The van der Waals surface area contributed by atoms with Crippen molar-refractivity contribution in [3.63, 3.8) is 0 Å². The molecule has 0 atom stereocenters. The first-order chi connectivity index (χ1) is 12.7. The van der Waals surface area contributed by atoms with Crippen LogP contribution in [0.2, 0.25) is 5.02 Å². The Morgan fingerprint density at radius 3 is 2.37 bits per heavy atom. The van der Waals surface area contributed by atoms with Gasteiger partial charge in [-0.05, 0) is 56.7 Å². The fourth-order valence-electron chi connectivity index (χ4n) is 2.34. The molecule has 0 N–H and O–H groups in total. The highest BCUT2D eigenvalue weighted by molar-refractivity contribution is 7.95. The van der Waals surface area contributed by atoms with Crippen LogP contribution in [-0.4, -0.2) is 21.6 Å². The van der Waals surface area contributed by atoms with Crippen LogP contribution in [0.25, 0.3) is 6.08 Å². The van der Waals surface area contributed by atoms with Crippen molar-refractivity contribution in [2.24, 2.45) is 0 Å². The van der Waals surface area contributed by atoms with E-state index in [0.29, 0.717) is 17.1 Å². The Hall–Kier alpha value is -2.49. The lowest BCUT2D eigenvalue weighted by Gasteiger charge is -2.15. The zero-order valence-electron chi connectivity index (χ0n) is 15.5. The van der Waals surface area contributed by atoms with Gasteiger partial charge in [0, 0.05) is 0 Å². The normalized spacial score (nSPS) is 12.0. The van der Waals surface area contributed by atoms with Crippen LogP contribution in [0.5, 0.6) is 11.5 Å². The molecule has 0 aliphatic heterocycles. The largest absolute Gasteiger partial charge is 0.493 e. The fraction of sp³-hybridized carbons (Fsp3) is 0.250. The first-order valence-corrected chi connectivity index (χ1v) is 10.0. The molecule has 142 valence electrons. The molecular weight excluding hydrogens is 386 g/mol. The summed E-state index contributed by atoms with van der Waals surface area (Å²) in [5.41, 5.74) is 1.34. The summed E-state index contributed by atoms with van der Waals surface area (Å²) in [5.74, 6) is 0.721. The van der Waals surface area contributed by atoms with Crippen molar-refractivity contribution >= 4 is 27.5 Å². The van der Waals surface area contributed by atoms with Crippen LogP contribution in [0.15, 0.2) is 46.2 Å². The van der Waals surface area contributed by atoms with Gasteiger partial charge in [-0.3, -0.25) is 0 Å². The number of nitriles is 1. The van der Waals surface area contributed by atoms with E-state index in [1.165, 1.54) is 31.4 Å². The molecule has 7 heteroatoms. The molecule has 0 saturated carbocycles. The minimum atomic E-state index is -3.94. The highest BCUT2D eigenvalue weighted by Crippen LogP contribution is 2.38. The van der Waals surface area contributed by atoms with Gasteiger partial charge >= 0.3 is 0 Å². The molecule has 5 nitrogen and oxygen atoms in total. The van der Waals surface area contributed by atoms with Crippen LogP contribution in [0.1, 0.15) is 25.0 Å². The molecule has 0 radical (unpaired) electrons. The Kier molecular flexibility index (Phi) is 6.53. The Balaban J connectivity index is 2.53. The third kappa shape index (κ3) is 4.82. The lowest BCUT2D eigenvalue weighted by Crippen LogP contribution is -2.07. The van der Waals surface area contributed by atoms with E-state index in [1.54, 1.807) is 24.3 Å². The maximum atomic E-state index is 12.8. The first kappa shape index (κ1) is 20.8. The minimum absolute atomic E-state index is 0.0544. The summed E-state index contributed by atoms with van der Waals surface area (Å²) in [5, 5.41) is 9.69. The molecule has 0 heterocycles. The van der Waals surface area contributed by atoms with Gasteiger partial charge in [-0.25, -0.2) is 8.42 Å². The van der Waals surface area contributed by atoms with E-state index in [2.05, 4.69) is 0 Å². The predicted octanol–water partition coefficient (Wildman–Crippen LogP) is 4.78. The zero-order chi connectivity index (χ0) is 20.2. The van der Waals surface area contributed by atoms with Crippen LogP contribution in [0, 0.1) is 18.3 Å². The first-order valence-electron chi connectivity index (χ1n) is 8.16. The summed E-state index contributed by atoms with van der Waals surface area (Å²) in [4.78, 5) is -0.333. The number of halogens is 1. The van der Waals surface area contributed by atoms with E-state index in [1.807, 2.05) is 20.8 Å². The molecule has 0 bridgehead atoms. The van der Waals surface area contributed by atoms with Crippen LogP contribution in [0.4, 0.5) is 0 Å². The Labute approximate surface area is 164 Å². The van der Waals surface area contributed by atoms with Crippen LogP contribution in [0.3, 0.4) is 0 Å². The van der Waals surface area contributed by atoms with Gasteiger partial charge in [0.25, 0.3) is 0 Å². The number of hydrogen-bond donors (Lipinski definition) is 0. The lowest BCUT2D eigenvalue weighted by atomic mass is 10.2. The van der Waals surface area contributed by atoms with Gasteiger partial charge in [-0.15, -0.1) is 0 Å². The minimum Gasteiger partial charge on any atom is -0.493 e. The number of sulfone groups is 1. The molecule has 0 fully saturated rings. The molecule has 2 aromatic rings. The highest BCUT2D eigenvalue weighted by Gasteiger charge is 2.21. The number of benzene rings is 2. The standard InChI is InChI=1S/C20H20ClNO4S/c1-13(2)26-20-18(21)10-15(11-19(20)25-4)9-17(12-22)27(23,24)16-7-5-14(3)6-8-16/h5-11,13H,1-4H3/b17-9+. The third-order valence-corrected chi connectivity index (χ3v) is 5.60. The molecule has 0 saturated heterocycles. The van der Waals surface area contributed by atoms with Gasteiger partial charge in [-0.1, -0.05) is 29.3 Å². The summed E-state index contributed by atoms with van der Waals surface area (Å²) in [6.07, 6.45) is 1.15. The summed E-state index contributed by atoms with van der Waals surface area (Å²) in [6.45, 7) is 5.56. The number of aryl methyl sites for hydroxylation is 1. The molecule has 0 spiro atoms. The quantitative estimate of drug-likeness (QED) is 0.646. The van der Waals surface area contributed by atoms with Crippen molar-refractivity contribution < 1.29 is 17.9 Å². The van der Waals surface area contributed by atoms with Crippen molar-refractivity contribution in [3.8, 4) is 17.6 Å². The summed E-state index contributed by atoms with van der Waals surface area (Å²) >= 11 is 6.27. The molecule has 0 aromatic heterocycles. The number of hydrogen-bond acceptors (Lipinski definition) is 5. The summed E-state index contributed by atoms with van der Waals surface area (Å²) in [7, 11) is -2.48. The molecule has 0 amide bonds. The fourth-order valence-corrected chi connectivity index (χ4v) is 3.76. The van der Waals surface area contributed by atoms with Crippen molar-refractivity contribution in [2.75, 3.05) is 7.11 Å². The topological polar surface area (TPSA) is 76.4 Å². The number of methoxy groups -OCH3 is 1. The number of allylic oxidation sites excluding steroid dienone is 1. The Bertz CT molecular complexity index is 1000. The highest BCUT2D eigenvalue weighted by atomic mass is 35.5. The maximum absolute atomic E-state index is 12.8. The van der Waals surface area contributed by atoms with E-state index in [9.17, 15) is 13.7 Å². The molecule has 0 aliphatic carbocycles. The van der Waals surface area contributed by atoms with E-state index in [0.717, 1.165) is 5.56 Å². The average molecular weight is 406 g/mol. The van der Waals surface area contributed by atoms with Gasteiger partial charge in [0.05, 0.1) is 23.1 Å². The van der Waals surface area contributed by atoms with E-state index >= 15 is 0 Å². The van der Waals surface area contributed by atoms with Gasteiger partial charge in [0.2, 0.25) is 9.84 Å². The van der Waals surface area contributed by atoms with E-state index in [-0.39, 0.29) is 20.9 Å². The second-order valence-electron chi connectivity index (χ2n) is 6.14. The van der Waals surface area contributed by atoms with Gasteiger partial charge in [0.15, 0.2) is 11.5 Å². The molecular formula is C20H20ClNO4S. The Morgan fingerprint density at radius 1 is 1.22 bits per heavy atom. The molecule has 27 heavy (non-hydrogen) atoms.